The van der Waals surface area contributed by atoms with Gasteiger partial charge in [-0.25, -0.2) is 4.79 Å². The molecule has 0 spiro atoms. The van der Waals surface area contributed by atoms with Crippen LogP contribution in [0.4, 0.5) is 4.79 Å². The quantitative estimate of drug-likeness (QED) is 0.508. The van der Waals surface area contributed by atoms with Crippen LogP contribution in [0.25, 0.3) is 0 Å². The summed E-state index contributed by atoms with van der Waals surface area (Å²) in [6, 6.07) is -0.465. The molecule has 0 aromatic carbocycles. The van der Waals surface area contributed by atoms with Crippen molar-refractivity contribution in [2.45, 2.75) is 25.0 Å². The van der Waals surface area contributed by atoms with E-state index < -0.39 is 29.6 Å². The van der Waals surface area contributed by atoms with E-state index in [1.165, 1.54) is 4.90 Å². The standard InChI is InChI=1S/C12H20N2O6/c15-8-5-14(6-9(8)16)11(19)13-7-12(10(17)18)1-3-20-4-2-12/h8-9,15-16H,1-7H2,(H,13,19)(H,17,18). The lowest BCUT2D eigenvalue weighted by molar-refractivity contribution is -0.154. The van der Waals surface area contributed by atoms with Crippen LogP contribution in [0.1, 0.15) is 12.8 Å². The number of carbonyl (C=O) groups excluding carboxylic acids is 1. The summed E-state index contributed by atoms with van der Waals surface area (Å²) >= 11 is 0. The summed E-state index contributed by atoms with van der Waals surface area (Å²) in [6.45, 7) is 0.853. The number of aliphatic hydroxyl groups is 2. The van der Waals surface area contributed by atoms with E-state index in [-0.39, 0.29) is 19.6 Å². The number of hydrogen-bond donors (Lipinski definition) is 4. The van der Waals surface area contributed by atoms with E-state index >= 15 is 0 Å². The van der Waals surface area contributed by atoms with Crippen LogP contribution in [0.3, 0.4) is 0 Å². The van der Waals surface area contributed by atoms with Gasteiger partial charge in [0.1, 0.15) is 0 Å². The molecule has 2 amide bonds. The second-order valence-electron chi connectivity index (χ2n) is 5.40. The highest BCUT2D eigenvalue weighted by molar-refractivity contribution is 5.78. The van der Waals surface area contributed by atoms with Crippen molar-refractivity contribution in [1.29, 1.82) is 0 Å². The van der Waals surface area contributed by atoms with Crippen molar-refractivity contribution >= 4 is 12.0 Å². The van der Waals surface area contributed by atoms with E-state index in [9.17, 15) is 24.9 Å². The summed E-state index contributed by atoms with van der Waals surface area (Å²) < 4.78 is 5.16. The first-order chi connectivity index (χ1) is 9.44. The number of amides is 2. The summed E-state index contributed by atoms with van der Waals surface area (Å²) in [5, 5.41) is 30.7. The molecule has 8 heteroatoms. The Kier molecular flexibility index (Phi) is 4.46. The SMILES string of the molecule is O=C(NCC1(C(=O)O)CCOCC1)N1CC(O)C(O)C1. The molecule has 0 aromatic heterocycles. The summed E-state index contributed by atoms with van der Waals surface area (Å²) in [7, 11) is 0. The van der Waals surface area contributed by atoms with Crippen molar-refractivity contribution in [3.05, 3.63) is 0 Å². The monoisotopic (exact) mass is 288 g/mol. The van der Waals surface area contributed by atoms with Gasteiger partial charge in [-0.05, 0) is 12.8 Å². The molecule has 0 bridgehead atoms. The van der Waals surface area contributed by atoms with Gasteiger partial charge >= 0.3 is 12.0 Å². The zero-order chi connectivity index (χ0) is 14.8. The average molecular weight is 288 g/mol. The number of rotatable bonds is 3. The number of aliphatic carboxylic acids is 1. The first-order valence-electron chi connectivity index (χ1n) is 6.65. The van der Waals surface area contributed by atoms with Crippen LogP contribution in [-0.2, 0) is 9.53 Å². The van der Waals surface area contributed by atoms with Gasteiger partial charge in [-0.1, -0.05) is 0 Å². The number of carbonyl (C=O) groups is 2. The molecule has 20 heavy (non-hydrogen) atoms. The fourth-order valence-electron chi connectivity index (χ4n) is 2.52. The smallest absolute Gasteiger partial charge is 0.317 e. The zero-order valence-electron chi connectivity index (χ0n) is 11.1. The van der Waals surface area contributed by atoms with Crippen molar-refractivity contribution in [1.82, 2.24) is 10.2 Å². The molecular formula is C12H20N2O6. The molecule has 2 fully saturated rings. The van der Waals surface area contributed by atoms with Crippen molar-refractivity contribution in [3.63, 3.8) is 0 Å². The Bertz CT molecular complexity index is 372. The largest absolute Gasteiger partial charge is 0.481 e. The highest BCUT2D eigenvalue weighted by Crippen LogP contribution is 2.30. The molecule has 0 saturated carbocycles. The van der Waals surface area contributed by atoms with Gasteiger partial charge in [0.15, 0.2) is 0 Å². The Balaban J connectivity index is 1.90. The molecule has 0 aliphatic carbocycles. The number of likely N-dealkylation sites (tertiary alicyclic amines) is 1. The Morgan fingerprint density at radius 2 is 1.75 bits per heavy atom. The molecule has 0 aromatic rings. The van der Waals surface area contributed by atoms with E-state index in [0.717, 1.165) is 0 Å². The Hall–Kier alpha value is -1.38. The second kappa shape index (κ2) is 5.94. The molecule has 2 aliphatic rings. The Morgan fingerprint density at radius 3 is 2.25 bits per heavy atom. The number of β-amino-alcohol motifs (C(OH)–C–C–N with tert-alkyl or cyclic N) is 2. The van der Waals surface area contributed by atoms with Crippen LogP contribution in [0.15, 0.2) is 0 Å². The Labute approximate surface area is 116 Å². The summed E-state index contributed by atoms with van der Waals surface area (Å²) in [6.07, 6.45) is -1.18. The second-order valence-corrected chi connectivity index (χ2v) is 5.40. The highest BCUT2D eigenvalue weighted by Gasteiger charge is 2.41. The van der Waals surface area contributed by atoms with Gasteiger partial charge < -0.3 is 30.3 Å². The van der Waals surface area contributed by atoms with E-state index in [0.29, 0.717) is 26.1 Å². The fraction of sp³-hybridized carbons (Fsp3) is 0.833. The van der Waals surface area contributed by atoms with E-state index in [4.69, 9.17) is 4.74 Å². The number of nitrogens with one attached hydrogen (secondary N) is 1. The van der Waals surface area contributed by atoms with E-state index in [1.807, 2.05) is 0 Å². The average Bonchev–Trinajstić information content (AvgIpc) is 2.77. The summed E-state index contributed by atoms with van der Waals surface area (Å²) in [5.74, 6) is -0.942. The van der Waals surface area contributed by atoms with Crippen LogP contribution in [-0.4, -0.2) is 77.3 Å². The van der Waals surface area contributed by atoms with Gasteiger partial charge in [0.05, 0.1) is 30.7 Å². The van der Waals surface area contributed by atoms with Gasteiger partial charge in [-0.3, -0.25) is 4.79 Å². The van der Waals surface area contributed by atoms with Crippen molar-refractivity contribution in [3.8, 4) is 0 Å². The van der Waals surface area contributed by atoms with Gasteiger partial charge in [0, 0.05) is 19.8 Å². The number of aliphatic hydroxyl groups excluding tert-OH is 2. The number of hydrogen-bond acceptors (Lipinski definition) is 5. The van der Waals surface area contributed by atoms with Crippen LogP contribution in [0.2, 0.25) is 0 Å². The molecule has 114 valence electrons. The van der Waals surface area contributed by atoms with E-state index in [1.54, 1.807) is 0 Å². The molecular weight excluding hydrogens is 268 g/mol. The van der Waals surface area contributed by atoms with Crippen LogP contribution < -0.4 is 5.32 Å². The number of carboxylic acid groups (broad SMARTS) is 1. The van der Waals surface area contributed by atoms with Crippen LogP contribution in [0, 0.1) is 5.41 Å². The molecule has 4 N–H and O–H groups in total. The Morgan fingerprint density at radius 1 is 1.20 bits per heavy atom. The van der Waals surface area contributed by atoms with Gasteiger partial charge in [-0.2, -0.15) is 0 Å². The third-order valence-electron chi connectivity index (χ3n) is 4.03. The third kappa shape index (κ3) is 3.02. The van der Waals surface area contributed by atoms with Crippen molar-refractivity contribution < 1.29 is 29.6 Å². The third-order valence-corrected chi connectivity index (χ3v) is 4.03. The van der Waals surface area contributed by atoms with Crippen LogP contribution >= 0.6 is 0 Å². The maximum Gasteiger partial charge on any atom is 0.317 e. The molecule has 2 aliphatic heterocycles. The lowest BCUT2D eigenvalue weighted by Crippen LogP contribution is -2.49. The topological polar surface area (TPSA) is 119 Å². The first kappa shape index (κ1) is 15.0. The number of carboxylic acids is 1. The van der Waals surface area contributed by atoms with Gasteiger partial charge in [-0.15, -0.1) is 0 Å². The number of nitrogens with zero attached hydrogens (tertiary/aromatic N) is 1. The molecule has 0 radical (unpaired) electrons. The predicted octanol–water partition coefficient (Wildman–Crippen LogP) is -1.39. The van der Waals surface area contributed by atoms with Gasteiger partial charge in [0.2, 0.25) is 0 Å². The maximum absolute atomic E-state index is 11.9. The molecule has 2 unspecified atom stereocenters. The minimum Gasteiger partial charge on any atom is -0.481 e. The lowest BCUT2D eigenvalue weighted by Gasteiger charge is -2.33. The molecule has 2 rings (SSSR count). The molecule has 8 nitrogen and oxygen atoms in total. The molecule has 2 atom stereocenters. The minimum absolute atomic E-state index is 0.0210. The molecule has 2 heterocycles. The van der Waals surface area contributed by atoms with Crippen LogP contribution in [0.5, 0.6) is 0 Å². The predicted molar refractivity (Wildman–Crippen MR) is 67.1 cm³/mol. The number of ether oxygens (including phenoxy) is 1. The van der Waals surface area contributed by atoms with E-state index in [2.05, 4.69) is 5.32 Å². The summed E-state index contributed by atoms with van der Waals surface area (Å²) in [4.78, 5) is 24.6. The van der Waals surface area contributed by atoms with Crippen molar-refractivity contribution in [2.24, 2.45) is 5.41 Å². The fourth-order valence-corrected chi connectivity index (χ4v) is 2.52. The first-order valence-corrected chi connectivity index (χ1v) is 6.65. The molecule has 2 saturated heterocycles. The minimum atomic E-state index is -0.995. The number of urea groups is 1. The van der Waals surface area contributed by atoms with Gasteiger partial charge in [0.25, 0.3) is 0 Å². The highest BCUT2D eigenvalue weighted by atomic mass is 16.5. The zero-order valence-corrected chi connectivity index (χ0v) is 11.1. The maximum atomic E-state index is 11.9. The summed E-state index contributed by atoms with van der Waals surface area (Å²) in [5.41, 5.74) is -0.995. The van der Waals surface area contributed by atoms with Crippen molar-refractivity contribution in [2.75, 3.05) is 32.8 Å². The normalized spacial score (nSPS) is 29.2. The lowest BCUT2D eigenvalue weighted by atomic mass is 9.80.